The van der Waals surface area contributed by atoms with Gasteiger partial charge < -0.3 is 11.1 Å². The van der Waals surface area contributed by atoms with E-state index >= 15 is 0 Å². The van der Waals surface area contributed by atoms with Gasteiger partial charge in [-0.05, 0) is 25.5 Å². The van der Waals surface area contributed by atoms with Crippen LogP contribution >= 0.6 is 0 Å². The SMILES string of the molecule is Nc1nc(C[C@@H]2CCCN2)nc2ccncc12. The normalized spacial score (nSPS) is 19.9. The third kappa shape index (κ3) is 2.06. The maximum Gasteiger partial charge on any atom is 0.136 e. The van der Waals surface area contributed by atoms with E-state index in [1.165, 1.54) is 12.8 Å². The first-order valence-electron chi connectivity index (χ1n) is 5.92. The zero-order chi connectivity index (χ0) is 11.7. The Morgan fingerprint density at radius 2 is 2.35 bits per heavy atom. The second-order valence-electron chi connectivity index (χ2n) is 4.42. The first-order valence-corrected chi connectivity index (χ1v) is 5.92. The molecule has 88 valence electrons. The summed E-state index contributed by atoms with van der Waals surface area (Å²) in [7, 11) is 0. The van der Waals surface area contributed by atoms with Gasteiger partial charge in [0.25, 0.3) is 0 Å². The van der Waals surface area contributed by atoms with E-state index in [1.54, 1.807) is 12.4 Å². The van der Waals surface area contributed by atoms with Crippen molar-refractivity contribution < 1.29 is 0 Å². The summed E-state index contributed by atoms with van der Waals surface area (Å²) in [5.41, 5.74) is 6.80. The van der Waals surface area contributed by atoms with E-state index < -0.39 is 0 Å². The van der Waals surface area contributed by atoms with Gasteiger partial charge >= 0.3 is 0 Å². The van der Waals surface area contributed by atoms with E-state index in [4.69, 9.17) is 5.73 Å². The Balaban J connectivity index is 1.94. The number of fused-ring (bicyclic) bond motifs is 1. The molecule has 1 aliphatic heterocycles. The minimum atomic E-state index is 0.494. The average molecular weight is 229 g/mol. The molecule has 1 atom stereocenters. The van der Waals surface area contributed by atoms with Crippen LogP contribution in [-0.4, -0.2) is 27.5 Å². The van der Waals surface area contributed by atoms with Crippen LogP contribution in [0.25, 0.3) is 10.9 Å². The summed E-state index contributed by atoms with van der Waals surface area (Å²) >= 11 is 0. The van der Waals surface area contributed by atoms with Crippen LogP contribution < -0.4 is 11.1 Å². The lowest BCUT2D eigenvalue weighted by Gasteiger charge is -2.10. The molecule has 2 aromatic heterocycles. The van der Waals surface area contributed by atoms with Gasteiger partial charge in [0.2, 0.25) is 0 Å². The van der Waals surface area contributed by atoms with E-state index in [-0.39, 0.29) is 0 Å². The van der Waals surface area contributed by atoms with Crippen molar-refractivity contribution in [3.63, 3.8) is 0 Å². The highest BCUT2D eigenvalue weighted by Crippen LogP contribution is 2.17. The molecule has 3 heterocycles. The van der Waals surface area contributed by atoms with Gasteiger partial charge in [-0.15, -0.1) is 0 Å². The molecule has 1 fully saturated rings. The molecule has 0 aromatic carbocycles. The molecule has 0 spiro atoms. The first kappa shape index (κ1) is 10.4. The van der Waals surface area contributed by atoms with Gasteiger partial charge in [-0.1, -0.05) is 0 Å². The Labute approximate surface area is 99.5 Å². The number of nitrogens with one attached hydrogen (secondary N) is 1. The zero-order valence-electron chi connectivity index (χ0n) is 9.56. The van der Waals surface area contributed by atoms with Crippen molar-refractivity contribution in [2.45, 2.75) is 25.3 Å². The average Bonchev–Trinajstić information content (AvgIpc) is 2.82. The molecule has 0 radical (unpaired) electrons. The maximum absolute atomic E-state index is 5.92. The van der Waals surface area contributed by atoms with E-state index in [0.717, 1.165) is 29.7 Å². The lowest BCUT2D eigenvalue weighted by molar-refractivity contribution is 0.587. The fourth-order valence-corrected chi connectivity index (χ4v) is 2.29. The molecule has 0 bridgehead atoms. The van der Waals surface area contributed by atoms with Gasteiger partial charge in [-0.3, -0.25) is 4.98 Å². The molecule has 5 nitrogen and oxygen atoms in total. The number of pyridine rings is 1. The van der Waals surface area contributed by atoms with Crippen LogP contribution in [-0.2, 0) is 6.42 Å². The summed E-state index contributed by atoms with van der Waals surface area (Å²) in [5.74, 6) is 1.34. The highest BCUT2D eigenvalue weighted by molar-refractivity contribution is 5.86. The number of aromatic nitrogens is 3. The van der Waals surface area contributed by atoms with E-state index in [0.29, 0.717) is 11.9 Å². The van der Waals surface area contributed by atoms with Crippen molar-refractivity contribution in [2.75, 3.05) is 12.3 Å². The van der Waals surface area contributed by atoms with Gasteiger partial charge in [-0.2, -0.15) is 0 Å². The lowest BCUT2D eigenvalue weighted by atomic mass is 10.1. The zero-order valence-corrected chi connectivity index (χ0v) is 9.56. The van der Waals surface area contributed by atoms with Crippen LogP contribution in [0.5, 0.6) is 0 Å². The van der Waals surface area contributed by atoms with Crippen molar-refractivity contribution >= 4 is 16.7 Å². The van der Waals surface area contributed by atoms with Gasteiger partial charge in [-0.25, -0.2) is 9.97 Å². The molecular formula is C12H15N5. The summed E-state index contributed by atoms with van der Waals surface area (Å²) in [6.07, 6.45) is 6.71. The molecule has 0 saturated carbocycles. The molecule has 0 amide bonds. The van der Waals surface area contributed by atoms with Gasteiger partial charge in [0.05, 0.1) is 10.9 Å². The number of hydrogen-bond acceptors (Lipinski definition) is 5. The Bertz CT molecular complexity index is 533. The third-order valence-electron chi connectivity index (χ3n) is 3.16. The first-order chi connectivity index (χ1) is 8.33. The maximum atomic E-state index is 5.92. The van der Waals surface area contributed by atoms with Gasteiger partial charge in [0.15, 0.2) is 0 Å². The minimum absolute atomic E-state index is 0.494. The van der Waals surface area contributed by atoms with Gasteiger partial charge in [0, 0.05) is 24.9 Å². The summed E-state index contributed by atoms with van der Waals surface area (Å²) < 4.78 is 0. The molecule has 17 heavy (non-hydrogen) atoms. The van der Waals surface area contributed by atoms with E-state index in [1.807, 2.05) is 6.07 Å². The highest BCUT2D eigenvalue weighted by Gasteiger charge is 2.16. The van der Waals surface area contributed by atoms with Crippen LogP contribution in [0.4, 0.5) is 5.82 Å². The smallest absolute Gasteiger partial charge is 0.136 e. The number of rotatable bonds is 2. The fourth-order valence-electron chi connectivity index (χ4n) is 2.29. The van der Waals surface area contributed by atoms with Crippen LogP contribution in [0.2, 0.25) is 0 Å². The Morgan fingerprint density at radius 1 is 1.41 bits per heavy atom. The standard InChI is InChI=1S/C12H15N5/c13-12-9-7-14-5-3-10(9)16-11(17-12)6-8-2-1-4-15-8/h3,5,7-8,15H,1-2,4,6H2,(H2,13,16,17)/t8-/m0/s1. The number of nitrogen functional groups attached to an aromatic ring is 1. The molecule has 0 aliphatic carbocycles. The molecule has 5 heteroatoms. The van der Waals surface area contributed by atoms with Crippen LogP contribution in [0.3, 0.4) is 0 Å². The second-order valence-corrected chi connectivity index (χ2v) is 4.42. The number of anilines is 1. The number of nitrogens with two attached hydrogens (primary N) is 1. The van der Waals surface area contributed by atoms with Crippen LogP contribution in [0.15, 0.2) is 18.5 Å². The van der Waals surface area contributed by atoms with Crippen molar-refractivity contribution in [3.05, 3.63) is 24.3 Å². The van der Waals surface area contributed by atoms with Gasteiger partial charge in [0.1, 0.15) is 11.6 Å². The van der Waals surface area contributed by atoms with Crippen molar-refractivity contribution in [1.82, 2.24) is 20.3 Å². The molecule has 2 aromatic rings. The Hall–Kier alpha value is -1.75. The molecule has 3 N–H and O–H groups in total. The molecule has 0 unspecified atom stereocenters. The summed E-state index contributed by atoms with van der Waals surface area (Å²) in [5, 5.41) is 4.27. The summed E-state index contributed by atoms with van der Waals surface area (Å²) in [6, 6.07) is 2.37. The molecular weight excluding hydrogens is 214 g/mol. The predicted molar refractivity (Wildman–Crippen MR) is 66.5 cm³/mol. The molecule has 1 aliphatic rings. The van der Waals surface area contributed by atoms with E-state index in [2.05, 4.69) is 20.3 Å². The lowest BCUT2D eigenvalue weighted by Crippen LogP contribution is -2.24. The van der Waals surface area contributed by atoms with E-state index in [9.17, 15) is 0 Å². The summed E-state index contributed by atoms with van der Waals surface area (Å²) in [6.45, 7) is 1.09. The summed E-state index contributed by atoms with van der Waals surface area (Å²) in [4.78, 5) is 12.9. The van der Waals surface area contributed by atoms with Crippen molar-refractivity contribution in [2.24, 2.45) is 0 Å². The second kappa shape index (κ2) is 4.25. The fraction of sp³-hybridized carbons (Fsp3) is 0.417. The Kier molecular flexibility index (Phi) is 2.60. The van der Waals surface area contributed by atoms with Crippen molar-refractivity contribution in [3.8, 4) is 0 Å². The van der Waals surface area contributed by atoms with Crippen molar-refractivity contribution in [1.29, 1.82) is 0 Å². The number of hydrogen-bond donors (Lipinski definition) is 2. The Morgan fingerprint density at radius 3 is 3.18 bits per heavy atom. The quantitative estimate of drug-likeness (QED) is 0.800. The third-order valence-corrected chi connectivity index (χ3v) is 3.16. The topological polar surface area (TPSA) is 76.7 Å². The number of nitrogens with zero attached hydrogens (tertiary/aromatic N) is 3. The van der Waals surface area contributed by atoms with Crippen LogP contribution in [0.1, 0.15) is 18.7 Å². The molecule has 1 saturated heterocycles. The molecule has 3 rings (SSSR count). The monoisotopic (exact) mass is 229 g/mol. The largest absolute Gasteiger partial charge is 0.383 e. The van der Waals surface area contributed by atoms with Crippen LogP contribution in [0, 0.1) is 0 Å². The minimum Gasteiger partial charge on any atom is -0.383 e. The predicted octanol–water partition coefficient (Wildman–Crippen LogP) is 0.901. The highest BCUT2D eigenvalue weighted by atomic mass is 15.0.